The van der Waals surface area contributed by atoms with Gasteiger partial charge in [-0.2, -0.15) is 0 Å². The Kier molecular flexibility index (Phi) is 5.95. The maximum absolute atomic E-state index is 14.6. The quantitative estimate of drug-likeness (QED) is 0.571. The molecule has 0 bridgehead atoms. The number of carbonyl (C=O) groups excluding carboxylic acids is 1. The van der Waals surface area contributed by atoms with Gasteiger partial charge < -0.3 is 21.7 Å². The van der Waals surface area contributed by atoms with Gasteiger partial charge in [0.15, 0.2) is 17.3 Å². The molecule has 166 valence electrons. The number of aryl methyl sites for hydroxylation is 1. The molecule has 32 heavy (non-hydrogen) atoms. The van der Waals surface area contributed by atoms with Gasteiger partial charge in [-0.1, -0.05) is 0 Å². The van der Waals surface area contributed by atoms with Crippen molar-refractivity contribution >= 4 is 23.0 Å². The third-order valence-electron chi connectivity index (χ3n) is 5.27. The molecule has 0 saturated carbocycles. The van der Waals surface area contributed by atoms with Crippen LogP contribution in [0.4, 0.5) is 25.8 Å². The van der Waals surface area contributed by atoms with E-state index in [4.69, 9.17) is 11.5 Å². The number of carbonyl (C=O) groups is 1. The van der Waals surface area contributed by atoms with Gasteiger partial charge in [-0.25, -0.2) is 18.7 Å². The fraction of sp³-hybridized carbons (Fsp3) is 0.273. The van der Waals surface area contributed by atoms with Crippen LogP contribution >= 0.6 is 0 Å². The van der Waals surface area contributed by atoms with Crippen LogP contribution in [-0.2, 0) is 0 Å². The van der Waals surface area contributed by atoms with E-state index in [0.29, 0.717) is 17.9 Å². The molecule has 4 heterocycles. The van der Waals surface area contributed by atoms with Crippen LogP contribution in [0.1, 0.15) is 29.0 Å². The van der Waals surface area contributed by atoms with Crippen molar-refractivity contribution in [1.29, 1.82) is 0 Å². The molecular weight excluding hydrogens is 416 g/mol. The maximum atomic E-state index is 14.6. The van der Waals surface area contributed by atoms with Crippen LogP contribution in [0.5, 0.6) is 0 Å². The minimum absolute atomic E-state index is 0.0363. The van der Waals surface area contributed by atoms with Crippen molar-refractivity contribution in [3.05, 3.63) is 59.7 Å². The number of nitrogens with zero attached hydrogens (tertiary/aromatic N) is 4. The number of piperidine rings is 1. The first-order chi connectivity index (χ1) is 15.3. The Bertz CT molecular complexity index is 1170. The maximum Gasteiger partial charge on any atom is 0.276 e. The van der Waals surface area contributed by atoms with Crippen LogP contribution in [-0.4, -0.2) is 40.0 Å². The number of nitrogens with two attached hydrogens (primary N) is 2. The summed E-state index contributed by atoms with van der Waals surface area (Å²) < 4.78 is 28.8. The lowest BCUT2D eigenvalue weighted by molar-refractivity contribution is 0.102. The number of rotatable bonds is 4. The van der Waals surface area contributed by atoms with Gasteiger partial charge in [0.1, 0.15) is 11.4 Å². The fourth-order valence-corrected chi connectivity index (χ4v) is 3.73. The molecule has 4 rings (SSSR count). The molecule has 1 aliphatic rings. The lowest BCUT2D eigenvalue weighted by Crippen LogP contribution is -2.43. The summed E-state index contributed by atoms with van der Waals surface area (Å²) in [5, 5.41) is 2.74. The predicted molar refractivity (Wildman–Crippen MR) is 118 cm³/mol. The van der Waals surface area contributed by atoms with Crippen molar-refractivity contribution in [3.63, 3.8) is 0 Å². The SMILES string of the molecule is Cc1ccc(F)c(-c2nc(C(=O)Nc3cnccc3N3CCC[C@H](N)C3)c(N)cc2F)n1. The zero-order valence-electron chi connectivity index (χ0n) is 17.5. The van der Waals surface area contributed by atoms with Gasteiger partial charge in [-0.15, -0.1) is 0 Å². The monoisotopic (exact) mass is 439 g/mol. The molecule has 0 radical (unpaired) electrons. The van der Waals surface area contributed by atoms with Gasteiger partial charge in [0.25, 0.3) is 5.91 Å². The van der Waals surface area contributed by atoms with E-state index in [1.165, 1.54) is 18.3 Å². The van der Waals surface area contributed by atoms with Crippen LogP contribution < -0.4 is 21.7 Å². The van der Waals surface area contributed by atoms with Gasteiger partial charge in [0.2, 0.25) is 0 Å². The van der Waals surface area contributed by atoms with Crippen LogP contribution in [0.3, 0.4) is 0 Å². The Morgan fingerprint density at radius 1 is 1.19 bits per heavy atom. The van der Waals surface area contributed by atoms with Crippen molar-refractivity contribution in [3.8, 4) is 11.4 Å². The van der Waals surface area contributed by atoms with Gasteiger partial charge in [0, 0.05) is 37.1 Å². The minimum Gasteiger partial charge on any atom is -0.397 e. The molecule has 8 nitrogen and oxygen atoms in total. The van der Waals surface area contributed by atoms with E-state index in [2.05, 4.69) is 25.2 Å². The van der Waals surface area contributed by atoms with E-state index < -0.39 is 17.5 Å². The van der Waals surface area contributed by atoms with Gasteiger partial charge >= 0.3 is 0 Å². The highest BCUT2D eigenvalue weighted by molar-refractivity contribution is 6.07. The summed E-state index contributed by atoms with van der Waals surface area (Å²) in [7, 11) is 0. The number of nitrogens with one attached hydrogen (secondary N) is 1. The van der Waals surface area contributed by atoms with Crippen LogP contribution in [0, 0.1) is 18.6 Å². The number of anilines is 3. The number of nitrogen functional groups attached to an aromatic ring is 1. The van der Waals surface area contributed by atoms with Crippen molar-refractivity contribution in [2.75, 3.05) is 29.0 Å². The molecule has 10 heteroatoms. The molecule has 0 unspecified atom stereocenters. The number of pyridine rings is 3. The van der Waals surface area contributed by atoms with Crippen LogP contribution in [0.15, 0.2) is 36.7 Å². The number of hydrogen-bond donors (Lipinski definition) is 3. The second kappa shape index (κ2) is 8.83. The van der Waals surface area contributed by atoms with E-state index in [0.717, 1.165) is 31.1 Å². The largest absolute Gasteiger partial charge is 0.397 e. The zero-order valence-corrected chi connectivity index (χ0v) is 17.5. The second-order valence-corrected chi connectivity index (χ2v) is 7.73. The summed E-state index contributed by atoms with van der Waals surface area (Å²) in [5.74, 6) is -2.30. The summed E-state index contributed by atoms with van der Waals surface area (Å²) in [5.41, 5.74) is 12.5. The predicted octanol–water partition coefficient (Wildman–Crippen LogP) is 2.89. The standard InChI is InChI=1S/C22H23F2N7O/c1-12-4-5-14(23)19(28-12)20-15(24)9-16(26)21(30-20)22(32)29-17-10-27-7-6-18(17)31-8-2-3-13(25)11-31/h4-7,9-10,13H,2-3,8,11,25-26H2,1H3,(H,29,32)/t13-/m0/s1. The zero-order chi connectivity index (χ0) is 22.8. The molecule has 1 saturated heterocycles. The number of halogens is 2. The Hall–Kier alpha value is -3.66. The molecule has 1 atom stereocenters. The van der Waals surface area contributed by atoms with Crippen LogP contribution in [0.2, 0.25) is 0 Å². The van der Waals surface area contributed by atoms with Crippen molar-refractivity contribution in [2.24, 2.45) is 5.73 Å². The van der Waals surface area contributed by atoms with Gasteiger partial charge in [-0.05, 0) is 38.0 Å². The molecule has 1 aliphatic heterocycles. The lowest BCUT2D eigenvalue weighted by atomic mass is 10.1. The molecule has 0 aliphatic carbocycles. The summed E-state index contributed by atoms with van der Waals surface area (Å²) in [4.78, 5) is 27.2. The fourth-order valence-electron chi connectivity index (χ4n) is 3.73. The summed E-state index contributed by atoms with van der Waals surface area (Å²) in [6.45, 7) is 3.08. The molecule has 3 aromatic heterocycles. The molecule has 0 spiro atoms. The number of aromatic nitrogens is 3. The molecule has 1 fully saturated rings. The van der Waals surface area contributed by atoms with Gasteiger partial charge in [0.05, 0.1) is 23.3 Å². The Morgan fingerprint density at radius 3 is 2.75 bits per heavy atom. The van der Waals surface area contributed by atoms with Crippen molar-refractivity contribution in [1.82, 2.24) is 15.0 Å². The first-order valence-corrected chi connectivity index (χ1v) is 10.2. The van der Waals surface area contributed by atoms with Gasteiger partial charge in [-0.3, -0.25) is 9.78 Å². The highest BCUT2D eigenvalue weighted by atomic mass is 19.1. The van der Waals surface area contributed by atoms with E-state index in [9.17, 15) is 13.6 Å². The number of amides is 1. The number of hydrogen-bond acceptors (Lipinski definition) is 7. The van der Waals surface area contributed by atoms with E-state index in [1.807, 2.05) is 0 Å². The highest BCUT2D eigenvalue weighted by Crippen LogP contribution is 2.29. The third-order valence-corrected chi connectivity index (χ3v) is 5.27. The Labute approximate surface area is 183 Å². The first kappa shape index (κ1) is 21.6. The topological polar surface area (TPSA) is 123 Å². The molecule has 1 amide bonds. The summed E-state index contributed by atoms with van der Waals surface area (Å²) in [6.07, 6.45) is 5.00. The normalized spacial score (nSPS) is 16.1. The smallest absolute Gasteiger partial charge is 0.276 e. The van der Waals surface area contributed by atoms with Crippen LogP contribution in [0.25, 0.3) is 11.4 Å². The van der Waals surface area contributed by atoms with E-state index >= 15 is 0 Å². The first-order valence-electron chi connectivity index (χ1n) is 10.2. The summed E-state index contributed by atoms with van der Waals surface area (Å²) >= 11 is 0. The molecule has 3 aromatic rings. The second-order valence-electron chi connectivity index (χ2n) is 7.73. The van der Waals surface area contributed by atoms with Crippen molar-refractivity contribution in [2.45, 2.75) is 25.8 Å². The molecular formula is C22H23F2N7O. The average Bonchev–Trinajstić information content (AvgIpc) is 2.76. The Morgan fingerprint density at radius 2 is 1.97 bits per heavy atom. The van der Waals surface area contributed by atoms with E-state index in [-0.39, 0.29) is 28.8 Å². The average molecular weight is 439 g/mol. The molecule has 5 N–H and O–H groups in total. The Balaban J connectivity index is 1.67. The third kappa shape index (κ3) is 4.35. The molecule has 0 aromatic carbocycles. The minimum atomic E-state index is -0.875. The summed E-state index contributed by atoms with van der Waals surface area (Å²) in [6, 6.07) is 5.38. The highest BCUT2D eigenvalue weighted by Gasteiger charge is 2.23. The van der Waals surface area contributed by atoms with E-state index in [1.54, 1.807) is 19.2 Å². The van der Waals surface area contributed by atoms with Crippen molar-refractivity contribution < 1.29 is 13.6 Å². The lowest BCUT2D eigenvalue weighted by Gasteiger charge is -2.33.